The van der Waals surface area contributed by atoms with E-state index in [2.05, 4.69) is 18.9 Å². The van der Waals surface area contributed by atoms with Crippen LogP contribution in [0.4, 0.5) is 5.69 Å². The minimum Gasteiger partial charge on any atom is -0.371 e. The van der Waals surface area contributed by atoms with Crippen LogP contribution in [0.15, 0.2) is 4.79 Å². The van der Waals surface area contributed by atoms with E-state index in [1.807, 2.05) is 18.9 Å². The van der Waals surface area contributed by atoms with E-state index < -0.39 is 0 Å². The number of unbranched alkanes of at least 4 members (excludes halogenated alkanes) is 1. The van der Waals surface area contributed by atoms with E-state index in [1.54, 1.807) is 0 Å². The van der Waals surface area contributed by atoms with Gasteiger partial charge >= 0.3 is 0 Å². The molecule has 0 fully saturated rings. The average molecular weight is 254 g/mol. The summed E-state index contributed by atoms with van der Waals surface area (Å²) in [7, 11) is 4.10. The summed E-state index contributed by atoms with van der Waals surface area (Å²) >= 11 is 4.97. The van der Waals surface area contributed by atoms with Crippen LogP contribution in [0.3, 0.4) is 0 Å². The summed E-state index contributed by atoms with van der Waals surface area (Å²) in [4.78, 5) is 15.9. The number of rotatable bonds is 7. The smallest absolute Gasteiger partial charge is 0.220 e. The largest absolute Gasteiger partial charge is 0.371 e. The Kier molecular flexibility index (Phi) is 5.28. The van der Waals surface area contributed by atoms with Crippen molar-refractivity contribution in [2.75, 3.05) is 38.6 Å². The first-order valence-electron chi connectivity index (χ1n) is 6.18. The van der Waals surface area contributed by atoms with E-state index in [0.717, 1.165) is 37.3 Å². The predicted octanol–water partition coefficient (Wildman–Crippen LogP) is 2.13. The fraction of sp³-hybridized carbons (Fsp3) is 0.692. The summed E-state index contributed by atoms with van der Waals surface area (Å²) in [5.74, 6) is 0. The molecule has 1 rings (SSSR count). The predicted molar refractivity (Wildman–Crippen MR) is 76.3 cm³/mol. The molecule has 0 saturated carbocycles. The van der Waals surface area contributed by atoms with Crippen molar-refractivity contribution in [1.29, 1.82) is 0 Å². The third kappa shape index (κ3) is 3.36. The molecule has 0 amide bonds. The van der Waals surface area contributed by atoms with Crippen LogP contribution >= 0.6 is 12.2 Å². The summed E-state index contributed by atoms with van der Waals surface area (Å²) in [5, 5.41) is 0. The second-order valence-corrected chi connectivity index (χ2v) is 5.06. The second kappa shape index (κ2) is 6.26. The van der Waals surface area contributed by atoms with Crippen LogP contribution < -0.4 is 10.3 Å². The molecule has 0 aliphatic rings. The molecule has 0 heterocycles. The molecule has 4 heteroatoms. The fourth-order valence-electron chi connectivity index (χ4n) is 1.95. The van der Waals surface area contributed by atoms with Crippen LogP contribution in [-0.2, 0) is 0 Å². The van der Waals surface area contributed by atoms with Gasteiger partial charge in [-0.3, -0.25) is 4.79 Å². The molecule has 0 aliphatic heterocycles. The van der Waals surface area contributed by atoms with Gasteiger partial charge in [0.2, 0.25) is 5.43 Å². The molecule has 0 saturated heterocycles. The molecule has 0 unspecified atom stereocenters. The highest BCUT2D eigenvalue weighted by Gasteiger charge is 2.16. The van der Waals surface area contributed by atoms with Crippen LogP contribution in [0.25, 0.3) is 0 Å². The van der Waals surface area contributed by atoms with Gasteiger partial charge in [-0.25, -0.2) is 0 Å². The standard InChI is InChI=1S/C13H22N2OS/c1-5-14(3)8-6-7-9-15(4)11-10(2)13(17)12(11)16/h5-9H2,1-4H3. The lowest BCUT2D eigenvalue weighted by molar-refractivity contribution is 0.344. The first-order chi connectivity index (χ1) is 7.99. The van der Waals surface area contributed by atoms with Crippen molar-refractivity contribution in [1.82, 2.24) is 4.90 Å². The fourth-order valence-corrected chi connectivity index (χ4v) is 2.15. The van der Waals surface area contributed by atoms with E-state index in [0.29, 0.717) is 4.51 Å². The first kappa shape index (κ1) is 14.3. The summed E-state index contributed by atoms with van der Waals surface area (Å²) < 4.78 is 0.512. The van der Waals surface area contributed by atoms with Gasteiger partial charge < -0.3 is 9.80 Å². The summed E-state index contributed by atoms with van der Waals surface area (Å²) in [6.07, 6.45) is 2.28. The topological polar surface area (TPSA) is 23.6 Å². The second-order valence-electron chi connectivity index (χ2n) is 4.66. The van der Waals surface area contributed by atoms with Gasteiger partial charge in [0.15, 0.2) is 0 Å². The third-order valence-electron chi connectivity index (χ3n) is 3.32. The molecule has 0 aliphatic carbocycles. The normalized spacial score (nSPS) is 11.4. The van der Waals surface area contributed by atoms with Crippen molar-refractivity contribution in [3.63, 3.8) is 0 Å². The number of hydrogen-bond acceptors (Lipinski definition) is 4. The van der Waals surface area contributed by atoms with Gasteiger partial charge in [-0.1, -0.05) is 19.1 Å². The molecule has 0 bridgehead atoms. The van der Waals surface area contributed by atoms with Gasteiger partial charge in [0.1, 0.15) is 0 Å². The van der Waals surface area contributed by atoms with Crippen molar-refractivity contribution in [2.24, 2.45) is 0 Å². The molecule has 1 aromatic rings. The highest BCUT2D eigenvalue weighted by Crippen LogP contribution is 2.18. The van der Waals surface area contributed by atoms with Gasteiger partial charge in [0.05, 0.1) is 10.2 Å². The van der Waals surface area contributed by atoms with Gasteiger partial charge in [-0.15, -0.1) is 0 Å². The maximum atomic E-state index is 11.6. The molecule has 0 radical (unpaired) electrons. The zero-order chi connectivity index (χ0) is 13.0. The monoisotopic (exact) mass is 254 g/mol. The Labute approximate surface area is 109 Å². The van der Waals surface area contributed by atoms with E-state index in [1.165, 1.54) is 6.42 Å². The summed E-state index contributed by atoms with van der Waals surface area (Å²) in [6.45, 7) is 7.23. The highest BCUT2D eigenvalue weighted by atomic mass is 32.1. The maximum absolute atomic E-state index is 11.6. The van der Waals surface area contributed by atoms with Gasteiger partial charge in [0, 0.05) is 13.6 Å². The minimum atomic E-state index is 0.0469. The van der Waals surface area contributed by atoms with Crippen molar-refractivity contribution >= 4 is 17.9 Å². The van der Waals surface area contributed by atoms with E-state index in [4.69, 9.17) is 12.2 Å². The molecule has 96 valence electrons. The SMILES string of the molecule is CCN(C)CCCCN(C)c1c(C)c(=S)c1=O. The van der Waals surface area contributed by atoms with Crippen LogP contribution in [0.5, 0.6) is 0 Å². The quantitative estimate of drug-likeness (QED) is 0.549. The van der Waals surface area contributed by atoms with E-state index in [9.17, 15) is 4.79 Å². The van der Waals surface area contributed by atoms with Crippen LogP contribution in [0.2, 0.25) is 0 Å². The van der Waals surface area contributed by atoms with E-state index in [-0.39, 0.29) is 5.43 Å². The summed E-state index contributed by atoms with van der Waals surface area (Å²) in [5.41, 5.74) is 1.85. The number of anilines is 1. The number of hydrogen-bond donors (Lipinski definition) is 0. The average Bonchev–Trinajstić information content (AvgIpc) is 2.33. The molecule has 17 heavy (non-hydrogen) atoms. The van der Waals surface area contributed by atoms with Crippen LogP contribution in [-0.4, -0.2) is 38.6 Å². The zero-order valence-corrected chi connectivity index (χ0v) is 12.1. The lowest BCUT2D eigenvalue weighted by Gasteiger charge is -2.23. The molecule has 0 N–H and O–H groups in total. The van der Waals surface area contributed by atoms with Crippen LogP contribution in [0, 0.1) is 11.4 Å². The highest BCUT2D eigenvalue weighted by molar-refractivity contribution is 7.71. The Morgan fingerprint density at radius 1 is 1.18 bits per heavy atom. The zero-order valence-electron chi connectivity index (χ0n) is 11.2. The van der Waals surface area contributed by atoms with Crippen molar-refractivity contribution in [2.45, 2.75) is 26.7 Å². The van der Waals surface area contributed by atoms with E-state index >= 15 is 0 Å². The molecule has 1 aromatic carbocycles. The van der Waals surface area contributed by atoms with Crippen molar-refractivity contribution < 1.29 is 0 Å². The Balaban J connectivity index is 2.34. The lowest BCUT2D eigenvalue weighted by Crippen LogP contribution is -2.30. The Bertz CT molecular complexity index is 435. The van der Waals surface area contributed by atoms with Gasteiger partial charge in [-0.2, -0.15) is 0 Å². The molecular formula is C13H22N2OS. The molecule has 3 nitrogen and oxygen atoms in total. The molecule has 0 aromatic heterocycles. The van der Waals surface area contributed by atoms with Gasteiger partial charge in [-0.05, 0) is 45.5 Å². The Hall–Kier alpha value is -0.740. The lowest BCUT2D eigenvalue weighted by atomic mass is 10.1. The molecule has 0 spiro atoms. The van der Waals surface area contributed by atoms with Gasteiger partial charge in [0.25, 0.3) is 0 Å². The molecular weight excluding hydrogens is 232 g/mol. The minimum absolute atomic E-state index is 0.0469. The van der Waals surface area contributed by atoms with Crippen LogP contribution in [0.1, 0.15) is 25.3 Å². The third-order valence-corrected chi connectivity index (χ3v) is 3.81. The maximum Gasteiger partial charge on any atom is 0.220 e. The summed E-state index contributed by atoms with van der Waals surface area (Å²) in [6, 6.07) is 0. The Morgan fingerprint density at radius 2 is 1.76 bits per heavy atom. The first-order valence-corrected chi connectivity index (χ1v) is 6.59. The van der Waals surface area contributed by atoms with Crippen molar-refractivity contribution in [3.05, 3.63) is 20.3 Å². The number of nitrogens with zero attached hydrogens (tertiary/aromatic N) is 2. The Morgan fingerprint density at radius 3 is 2.29 bits per heavy atom. The molecule has 0 atom stereocenters. The van der Waals surface area contributed by atoms with Crippen molar-refractivity contribution in [3.8, 4) is 0 Å².